The minimum atomic E-state index is -0.156. The molecule has 1 saturated heterocycles. The lowest BCUT2D eigenvalue weighted by Gasteiger charge is -2.21. The van der Waals surface area contributed by atoms with Crippen molar-refractivity contribution in [1.82, 2.24) is 15.2 Å². The van der Waals surface area contributed by atoms with Crippen LogP contribution in [0.4, 0.5) is 0 Å². The molecular weight excluding hydrogens is 358 g/mol. The fraction of sp³-hybridized carbons (Fsp3) is 0.238. The van der Waals surface area contributed by atoms with Gasteiger partial charge >= 0.3 is 0 Å². The minimum absolute atomic E-state index is 0.0356. The van der Waals surface area contributed by atoms with E-state index < -0.39 is 0 Å². The van der Waals surface area contributed by atoms with Crippen molar-refractivity contribution in [2.45, 2.75) is 26.2 Å². The molecule has 1 fully saturated rings. The molecule has 4 rings (SSSR count). The Morgan fingerprint density at radius 3 is 2.63 bits per heavy atom. The van der Waals surface area contributed by atoms with Gasteiger partial charge in [0.2, 0.25) is 5.91 Å². The van der Waals surface area contributed by atoms with Crippen molar-refractivity contribution >= 4 is 17.2 Å². The molecule has 138 valence electrons. The summed E-state index contributed by atoms with van der Waals surface area (Å²) in [6, 6.07) is 18.2. The minimum Gasteiger partial charge on any atom is -0.489 e. The number of amides is 1. The molecule has 1 aromatic heterocycles. The fourth-order valence-corrected chi connectivity index (χ4v) is 3.78. The Kier molecular flexibility index (Phi) is 5.18. The van der Waals surface area contributed by atoms with Crippen LogP contribution in [0.5, 0.6) is 5.75 Å². The Bertz CT molecular complexity index is 909. The van der Waals surface area contributed by atoms with Gasteiger partial charge in [0.05, 0.1) is 17.2 Å². The summed E-state index contributed by atoms with van der Waals surface area (Å²) in [5.41, 5.74) is 3.19. The summed E-state index contributed by atoms with van der Waals surface area (Å²) in [7, 11) is 0. The van der Waals surface area contributed by atoms with Gasteiger partial charge in [0, 0.05) is 11.9 Å². The topological polar surface area (TPSA) is 54.5 Å². The highest BCUT2D eigenvalue weighted by Gasteiger charge is 2.32. The molecule has 0 saturated carbocycles. The van der Waals surface area contributed by atoms with Crippen molar-refractivity contribution in [3.8, 4) is 5.75 Å². The van der Waals surface area contributed by atoms with Crippen LogP contribution in [-0.2, 0) is 17.9 Å². The van der Waals surface area contributed by atoms with E-state index in [9.17, 15) is 4.79 Å². The summed E-state index contributed by atoms with van der Waals surface area (Å²) in [4.78, 5) is 18.5. The normalized spacial score (nSPS) is 17.1. The number of aryl methyl sites for hydroxylation is 1. The quantitative estimate of drug-likeness (QED) is 0.710. The molecule has 0 unspecified atom stereocenters. The Morgan fingerprint density at radius 1 is 1.15 bits per heavy atom. The second-order valence-corrected chi connectivity index (χ2v) is 7.65. The van der Waals surface area contributed by atoms with Gasteiger partial charge in [0.25, 0.3) is 0 Å². The first-order chi connectivity index (χ1) is 13.2. The number of hydrogen-bond donors (Lipinski definition) is 1. The molecule has 27 heavy (non-hydrogen) atoms. The molecule has 3 aromatic rings. The largest absolute Gasteiger partial charge is 0.489 e. The number of carbonyl (C=O) groups excluding carboxylic acids is 1. The predicted octanol–water partition coefficient (Wildman–Crippen LogP) is 3.66. The van der Waals surface area contributed by atoms with Crippen molar-refractivity contribution in [2.24, 2.45) is 0 Å². The molecule has 2 aromatic carbocycles. The Hall–Kier alpha value is -2.70. The van der Waals surface area contributed by atoms with Crippen LogP contribution in [-0.4, -0.2) is 22.3 Å². The predicted molar refractivity (Wildman–Crippen MR) is 105 cm³/mol. The summed E-state index contributed by atoms with van der Waals surface area (Å²) in [6.45, 7) is 3.59. The van der Waals surface area contributed by atoms with E-state index in [4.69, 9.17) is 4.74 Å². The zero-order chi connectivity index (χ0) is 18.6. The Labute approximate surface area is 162 Å². The molecule has 1 N–H and O–H groups in total. The maximum atomic E-state index is 11.9. The van der Waals surface area contributed by atoms with Gasteiger partial charge in [-0.15, -0.1) is 11.3 Å². The Balaban J connectivity index is 1.39. The third-order valence-corrected chi connectivity index (χ3v) is 5.28. The van der Waals surface area contributed by atoms with Crippen LogP contribution in [0.15, 0.2) is 60.0 Å². The standard InChI is InChI=1S/C21H21N3O2S/c1-15-22-19(14-27-15)21-23-20(25)12-24(21)11-16-7-9-18(10-8-16)26-13-17-5-3-2-4-6-17/h2-10,14,21H,11-13H2,1H3,(H,23,25)/t21-/m0/s1. The molecule has 1 aliphatic heterocycles. The molecule has 0 aliphatic carbocycles. The van der Waals surface area contributed by atoms with E-state index in [1.165, 1.54) is 0 Å². The number of hydrogen-bond acceptors (Lipinski definition) is 5. The second kappa shape index (κ2) is 7.90. The van der Waals surface area contributed by atoms with E-state index in [1.54, 1.807) is 11.3 Å². The monoisotopic (exact) mass is 379 g/mol. The molecule has 0 bridgehead atoms. The highest BCUT2D eigenvalue weighted by Crippen LogP contribution is 2.26. The van der Waals surface area contributed by atoms with E-state index in [0.717, 1.165) is 27.6 Å². The molecule has 6 heteroatoms. The first-order valence-corrected chi connectivity index (χ1v) is 9.76. The number of ether oxygens (including phenoxy) is 1. The number of nitrogens with zero attached hydrogens (tertiary/aromatic N) is 2. The summed E-state index contributed by atoms with van der Waals surface area (Å²) < 4.78 is 5.84. The first kappa shape index (κ1) is 17.7. The molecule has 1 atom stereocenters. The SMILES string of the molecule is Cc1nc([C@H]2NC(=O)CN2Cc2ccc(OCc3ccccc3)cc2)cs1. The number of nitrogens with one attached hydrogen (secondary N) is 1. The van der Waals surface area contributed by atoms with Crippen molar-refractivity contribution < 1.29 is 9.53 Å². The summed E-state index contributed by atoms with van der Waals surface area (Å²) in [5.74, 6) is 0.873. The summed E-state index contributed by atoms with van der Waals surface area (Å²) >= 11 is 1.60. The molecule has 2 heterocycles. The summed E-state index contributed by atoms with van der Waals surface area (Å²) in [6.07, 6.45) is -0.156. The maximum Gasteiger partial charge on any atom is 0.235 e. The molecule has 1 amide bonds. The van der Waals surface area contributed by atoms with Crippen LogP contribution >= 0.6 is 11.3 Å². The number of carbonyl (C=O) groups is 1. The van der Waals surface area contributed by atoms with E-state index in [1.807, 2.05) is 66.9 Å². The maximum absolute atomic E-state index is 11.9. The van der Waals surface area contributed by atoms with Gasteiger partial charge in [-0.1, -0.05) is 42.5 Å². The number of benzene rings is 2. The van der Waals surface area contributed by atoms with E-state index >= 15 is 0 Å². The second-order valence-electron chi connectivity index (χ2n) is 6.58. The molecule has 5 nitrogen and oxygen atoms in total. The van der Waals surface area contributed by atoms with Crippen LogP contribution < -0.4 is 10.1 Å². The van der Waals surface area contributed by atoms with E-state index in [0.29, 0.717) is 19.7 Å². The van der Waals surface area contributed by atoms with Gasteiger partial charge in [-0.2, -0.15) is 0 Å². The van der Waals surface area contributed by atoms with Gasteiger partial charge in [-0.05, 0) is 30.2 Å². The number of rotatable bonds is 6. The van der Waals surface area contributed by atoms with Crippen LogP contribution in [0.3, 0.4) is 0 Å². The van der Waals surface area contributed by atoms with Gasteiger partial charge in [-0.3, -0.25) is 9.69 Å². The third kappa shape index (κ3) is 4.35. The van der Waals surface area contributed by atoms with Crippen LogP contribution in [0.1, 0.15) is 28.0 Å². The lowest BCUT2D eigenvalue weighted by Crippen LogP contribution is -2.27. The molecule has 1 aliphatic rings. The fourth-order valence-electron chi connectivity index (χ4n) is 3.15. The lowest BCUT2D eigenvalue weighted by molar-refractivity contribution is -0.118. The average molecular weight is 379 g/mol. The zero-order valence-corrected chi connectivity index (χ0v) is 15.9. The summed E-state index contributed by atoms with van der Waals surface area (Å²) in [5, 5.41) is 6.03. The molecular formula is C21H21N3O2S. The smallest absolute Gasteiger partial charge is 0.235 e. The van der Waals surface area contributed by atoms with Crippen LogP contribution in [0.2, 0.25) is 0 Å². The molecule has 0 spiro atoms. The van der Waals surface area contributed by atoms with Gasteiger partial charge < -0.3 is 10.1 Å². The third-order valence-electron chi connectivity index (χ3n) is 4.48. The van der Waals surface area contributed by atoms with Crippen LogP contribution in [0.25, 0.3) is 0 Å². The van der Waals surface area contributed by atoms with Crippen LogP contribution in [0, 0.1) is 6.92 Å². The van der Waals surface area contributed by atoms with E-state index in [-0.39, 0.29) is 12.1 Å². The van der Waals surface area contributed by atoms with Gasteiger partial charge in [0.15, 0.2) is 0 Å². The highest BCUT2D eigenvalue weighted by atomic mass is 32.1. The van der Waals surface area contributed by atoms with Crippen molar-refractivity contribution in [3.63, 3.8) is 0 Å². The average Bonchev–Trinajstić information content (AvgIpc) is 3.27. The lowest BCUT2D eigenvalue weighted by atomic mass is 10.2. The van der Waals surface area contributed by atoms with Crippen molar-refractivity contribution in [1.29, 1.82) is 0 Å². The van der Waals surface area contributed by atoms with Crippen molar-refractivity contribution in [2.75, 3.05) is 6.54 Å². The Morgan fingerprint density at radius 2 is 1.93 bits per heavy atom. The van der Waals surface area contributed by atoms with Gasteiger partial charge in [-0.25, -0.2) is 4.98 Å². The number of thiazole rings is 1. The highest BCUT2D eigenvalue weighted by molar-refractivity contribution is 7.09. The van der Waals surface area contributed by atoms with Crippen molar-refractivity contribution in [3.05, 3.63) is 81.8 Å². The van der Waals surface area contributed by atoms with Gasteiger partial charge in [0.1, 0.15) is 18.5 Å². The number of aromatic nitrogens is 1. The molecule has 0 radical (unpaired) electrons. The first-order valence-electron chi connectivity index (χ1n) is 8.88. The van der Waals surface area contributed by atoms with E-state index in [2.05, 4.69) is 15.2 Å². The zero-order valence-electron chi connectivity index (χ0n) is 15.1.